The summed E-state index contributed by atoms with van der Waals surface area (Å²) in [4.78, 5) is 12.2. The highest BCUT2D eigenvalue weighted by Gasteiger charge is 2.11. The van der Waals surface area contributed by atoms with Gasteiger partial charge in [-0.25, -0.2) is 9.07 Å². The molecule has 1 amide bonds. The topological polar surface area (TPSA) is 46.9 Å². The van der Waals surface area contributed by atoms with E-state index >= 15 is 0 Å². The molecule has 0 saturated carbocycles. The van der Waals surface area contributed by atoms with Gasteiger partial charge in [0.15, 0.2) is 0 Å². The van der Waals surface area contributed by atoms with Gasteiger partial charge in [-0.15, -0.1) is 0 Å². The minimum atomic E-state index is -0.306. The Labute approximate surface area is 166 Å². The molecule has 27 heavy (non-hydrogen) atoms. The van der Waals surface area contributed by atoms with Crippen molar-refractivity contribution in [3.05, 3.63) is 81.4 Å². The van der Waals surface area contributed by atoms with Gasteiger partial charge in [0.1, 0.15) is 5.82 Å². The Morgan fingerprint density at radius 1 is 1.11 bits per heavy atom. The number of carbonyl (C=O) groups excluding carboxylic acids is 1. The number of anilines is 1. The van der Waals surface area contributed by atoms with E-state index in [0.717, 1.165) is 22.6 Å². The lowest BCUT2D eigenvalue weighted by Gasteiger charge is -2.04. The van der Waals surface area contributed by atoms with Crippen molar-refractivity contribution in [3.8, 4) is 5.69 Å². The number of amides is 1. The minimum Gasteiger partial charge on any atom is -0.322 e. The molecule has 0 aliphatic carbocycles. The third-order valence-corrected chi connectivity index (χ3v) is 4.75. The lowest BCUT2D eigenvalue weighted by molar-refractivity contribution is -0.111. The first-order chi connectivity index (χ1) is 12.8. The summed E-state index contributed by atoms with van der Waals surface area (Å²) in [5.41, 5.74) is 3.73. The molecule has 4 nitrogen and oxygen atoms in total. The van der Waals surface area contributed by atoms with Crippen LogP contribution in [0.15, 0.2) is 48.5 Å². The van der Waals surface area contributed by atoms with Crippen molar-refractivity contribution in [2.24, 2.45) is 0 Å². The molecule has 138 valence electrons. The van der Waals surface area contributed by atoms with Crippen LogP contribution in [0.1, 0.15) is 17.0 Å². The van der Waals surface area contributed by atoms with E-state index in [1.165, 1.54) is 18.2 Å². The monoisotopic (exact) mass is 403 g/mol. The number of nitrogens with one attached hydrogen (secondary N) is 1. The number of hydrogen-bond acceptors (Lipinski definition) is 2. The molecule has 1 N–H and O–H groups in total. The molecule has 0 bridgehead atoms. The van der Waals surface area contributed by atoms with Gasteiger partial charge in [-0.3, -0.25) is 4.79 Å². The molecular weight excluding hydrogens is 388 g/mol. The van der Waals surface area contributed by atoms with E-state index in [0.29, 0.717) is 15.7 Å². The lowest BCUT2D eigenvalue weighted by Crippen LogP contribution is -2.07. The van der Waals surface area contributed by atoms with Gasteiger partial charge in [-0.1, -0.05) is 23.2 Å². The van der Waals surface area contributed by atoms with Crippen LogP contribution in [0.25, 0.3) is 11.8 Å². The number of halogens is 3. The summed E-state index contributed by atoms with van der Waals surface area (Å²) in [6.45, 7) is 3.74. The summed E-state index contributed by atoms with van der Waals surface area (Å²) < 4.78 is 14.8. The summed E-state index contributed by atoms with van der Waals surface area (Å²) in [6.07, 6.45) is 3.12. The second-order valence-corrected chi connectivity index (χ2v) is 6.74. The van der Waals surface area contributed by atoms with Crippen LogP contribution in [0.3, 0.4) is 0 Å². The van der Waals surface area contributed by atoms with E-state index in [1.807, 2.05) is 13.8 Å². The van der Waals surface area contributed by atoms with Gasteiger partial charge < -0.3 is 5.32 Å². The van der Waals surface area contributed by atoms with Crippen LogP contribution >= 0.6 is 23.2 Å². The first kappa shape index (κ1) is 19.1. The highest BCUT2D eigenvalue weighted by atomic mass is 35.5. The van der Waals surface area contributed by atoms with Crippen molar-refractivity contribution >= 4 is 40.9 Å². The first-order valence-electron chi connectivity index (χ1n) is 8.11. The van der Waals surface area contributed by atoms with Crippen molar-refractivity contribution in [2.45, 2.75) is 13.8 Å². The molecule has 1 aromatic heterocycles. The zero-order valence-electron chi connectivity index (χ0n) is 14.6. The van der Waals surface area contributed by atoms with Crippen LogP contribution in [-0.4, -0.2) is 15.7 Å². The Bertz CT molecular complexity index is 1030. The Morgan fingerprint density at radius 2 is 1.81 bits per heavy atom. The SMILES string of the molecule is Cc1nn(-c2ccc(F)cc2)c(C)c1C=CC(=O)Nc1ccc(Cl)c(Cl)c1. The van der Waals surface area contributed by atoms with Gasteiger partial charge in [-0.05, 0) is 62.4 Å². The summed E-state index contributed by atoms with van der Waals surface area (Å²) in [6, 6.07) is 10.9. The molecule has 0 fully saturated rings. The number of carbonyl (C=O) groups is 1. The predicted molar refractivity (Wildman–Crippen MR) is 107 cm³/mol. The molecule has 0 radical (unpaired) electrons. The van der Waals surface area contributed by atoms with Gasteiger partial charge in [0, 0.05) is 23.0 Å². The summed E-state index contributed by atoms with van der Waals surface area (Å²) in [7, 11) is 0. The molecule has 3 aromatic rings. The number of rotatable bonds is 4. The van der Waals surface area contributed by atoms with Crippen molar-refractivity contribution < 1.29 is 9.18 Å². The van der Waals surface area contributed by atoms with Crippen LogP contribution in [0.4, 0.5) is 10.1 Å². The van der Waals surface area contributed by atoms with E-state index in [9.17, 15) is 9.18 Å². The molecule has 0 aliphatic rings. The smallest absolute Gasteiger partial charge is 0.248 e. The average molecular weight is 404 g/mol. The van der Waals surface area contributed by atoms with Crippen LogP contribution in [0.2, 0.25) is 10.0 Å². The standard InChI is InChI=1S/C20H16Cl2FN3O/c1-12-17(13(2)26(25-12)16-6-3-14(23)4-7-16)8-10-20(27)24-15-5-9-18(21)19(22)11-15/h3-11H,1-2H3,(H,24,27). The third kappa shape index (κ3) is 4.38. The Morgan fingerprint density at radius 3 is 2.48 bits per heavy atom. The fourth-order valence-corrected chi connectivity index (χ4v) is 2.94. The van der Waals surface area contributed by atoms with E-state index in [2.05, 4.69) is 10.4 Å². The molecule has 2 aromatic carbocycles. The average Bonchev–Trinajstić information content (AvgIpc) is 2.91. The number of aromatic nitrogens is 2. The third-order valence-electron chi connectivity index (χ3n) is 4.01. The Kier molecular flexibility index (Phi) is 5.63. The molecule has 7 heteroatoms. The number of nitrogens with zero attached hydrogens (tertiary/aromatic N) is 2. The highest BCUT2D eigenvalue weighted by molar-refractivity contribution is 6.42. The normalized spacial score (nSPS) is 11.1. The number of benzene rings is 2. The van der Waals surface area contributed by atoms with Crippen molar-refractivity contribution in [3.63, 3.8) is 0 Å². The van der Waals surface area contributed by atoms with Crippen LogP contribution in [0.5, 0.6) is 0 Å². The molecular formula is C20H16Cl2FN3O. The first-order valence-corrected chi connectivity index (χ1v) is 8.87. The molecule has 0 aliphatic heterocycles. The van der Waals surface area contributed by atoms with E-state index in [4.69, 9.17) is 23.2 Å². The second-order valence-electron chi connectivity index (χ2n) is 5.92. The van der Waals surface area contributed by atoms with Crippen LogP contribution in [0, 0.1) is 19.7 Å². The largest absolute Gasteiger partial charge is 0.322 e. The Balaban J connectivity index is 1.79. The lowest BCUT2D eigenvalue weighted by atomic mass is 10.2. The molecule has 0 spiro atoms. The zero-order valence-corrected chi connectivity index (χ0v) is 16.1. The highest BCUT2D eigenvalue weighted by Crippen LogP contribution is 2.25. The van der Waals surface area contributed by atoms with Gasteiger partial charge >= 0.3 is 0 Å². The van der Waals surface area contributed by atoms with Crippen LogP contribution < -0.4 is 5.32 Å². The van der Waals surface area contributed by atoms with Gasteiger partial charge in [0.2, 0.25) is 5.91 Å². The maximum absolute atomic E-state index is 13.1. The fraction of sp³-hybridized carbons (Fsp3) is 0.100. The van der Waals surface area contributed by atoms with Gasteiger partial charge in [0.25, 0.3) is 0 Å². The summed E-state index contributed by atoms with van der Waals surface area (Å²) in [5.74, 6) is -0.610. The molecule has 0 atom stereocenters. The van der Waals surface area contributed by atoms with Crippen molar-refractivity contribution in [1.82, 2.24) is 9.78 Å². The predicted octanol–water partition coefficient (Wildman–Crippen LogP) is 5.59. The van der Waals surface area contributed by atoms with Gasteiger partial charge in [-0.2, -0.15) is 5.10 Å². The summed E-state index contributed by atoms with van der Waals surface area (Å²) in [5, 5.41) is 7.99. The van der Waals surface area contributed by atoms with Crippen molar-refractivity contribution in [1.29, 1.82) is 0 Å². The van der Waals surface area contributed by atoms with Crippen molar-refractivity contribution in [2.75, 3.05) is 5.32 Å². The van der Waals surface area contributed by atoms with E-state index in [-0.39, 0.29) is 11.7 Å². The number of hydrogen-bond donors (Lipinski definition) is 1. The van der Waals surface area contributed by atoms with Gasteiger partial charge in [0.05, 0.1) is 21.4 Å². The zero-order chi connectivity index (χ0) is 19.6. The number of aryl methyl sites for hydroxylation is 1. The second kappa shape index (κ2) is 7.94. The molecule has 1 heterocycles. The molecule has 0 saturated heterocycles. The maximum Gasteiger partial charge on any atom is 0.248 e. The quantitative estimate of drug-likeness (QED) is 0.577. The van der Waals surface area contributed by atoms with Crippen LogP contribution in [-0.2, 0) is 4.79 Å². The molecule has 3 rings (SSSR count). The minimum absolute atomic E-state index is 0.304. The molecule has 0 unspecified atom stereocenters. The maximum atomic E-state index is 13.1. The Hall–Kier alpha value is -2.63. The summed E-state index contributed by atoms with van der Waals surface area (Å²) >= 11 is 11.8. The van der Waals surface area contributed by atoms with E-state index < -0.39 is 0 Å². The van der Waals surface area contributed by atoms with E-state index in [1.54, 1.807) is 41.1 Å². The fourth-order valence-electron chi connectivity index (χ4n) is 2.65.